The van der Waals surface area contributed by atoms with Crippen LogP contribution in [0.1, 0.15) is 24.8 Å². The molecule has 1 aromatic carbocycles. The molecule has 3 N–H and O–H groups in total. The molecule has 1 aliphatic carbocycles. The monoisotopic (exact) mass is 339 g/mol. The molecule has 1 saturated carbocycles. The van der Waals surface area contributed by atoms with Crippen molar-refractivity contribution in [2.75, 3.05) is 13.1 Å². The number of aliphatic hydroxyl groups excluding tert-OH is 1. The van der Waals surface area contributed by atoms with Crippen LogP contribution in [0.4, 0.5) is 4.79 Å². The van der Waals surface area contributed by atoms with Gasteiger partial charge in [0.25, 0.3) is 10.0 Å². The third kappa shape index (κ3) is 3.65. The van der Waals surface area contributed by atoms with Crippen molar-refractivity contribution in [1.29, 1.82) is 0 Å². The van der Waals surface area contributed by atoms with E-state index in [0.717, 1.165) is 13.1 Å². The Labute approximate surface area is 135 Å². The molecule has 0 bridgehead atoms. The third-order valence-electron chi connectivity index (χ3n) is 4.63. The Hall–Kier alpha value is -1.64. The number of nitrogens with one attached hydrogen (secondary N) is 2. The lowest BCUT2D eigenvalue weighted by Gasteiger charge is -2.18. The Kier molecular flexibility index (Phi) is 4.56. The second-order valence-electron chi connectivity index (χ2n) is 6.20. The molecular formula is C15H21N3O4S. The van der Waals surface area contributed by atoms with Crippen molar-refractivity contribution in [2.45, 2.75) is 30.8 Å². The van der Waals surface area contributed by atoms with E-state index in [1.165, 1.54) is 43.5 Å². The van der Waals surface area contributed by atoms with E-state index >= 15 is 0 Å². The van der Waals surface area contributed by atoms with Gasteiger partial charge in [-0.3, -0.25) is 5.43 Å². The first-order chi connectivity index (χ1) is 11.0. The smallest absolute Gasteiger partial charge is 0.343 e. The molecule has 0 aromatic heterocycles. The van der Waals surface area contributed by atoms with Crippen molar-refractivity contribution in [3.8, 4) is 0 Å². The molecule has 3 rings (SSSR count). The van der Waals surface area contributed by atoms with E-state index in [1.807, 2.05) is 4.72 Å². The Balaban J connectivity index is 1.58. The molecule has 2 aliphatic rings. The van der Waals surface area contributed by atoms with Gasteiger partial charge in [-0.25, -0.2) is 22.9 Å². The molecule has 2 amide bonds. The van der Waals surface area contributed by atoms with Gasteiger partial charge in [-0.2, -0.15) is 0 Å². The van der Waals surface area contributed by atoms with Crippen LogP contribution in [-0.2, 0) is 16.6 Å². The molecular weight excluding hydrogens is 318 g/mol. The zero-order valence-corrected chi connectivity index (χ0v) is 13.6. The van der Waals surface area contributed by atoms with Gasteiger partial charge >= 0.3 is 6.03 Å². The summed E-state index contributed by atoms with van der Waals surface area (Å²) in [5, 5.41) is 10.8. The highest BCUT2D eigenvalue weighted by molar-refractivity contribution is 7.90. The second-order valence-corrected chi connectivity index (χ2v) is 7.89. The maximum absolute atomic E-state index is 12.2. The molecule has 2 fully saturated rings. The molecule has 8 heteroatoms. The van der Waals surface area contributed by atoms with E-state index in [1.54, 1.807) is 5.01 Å². The Morgan fingerprint density at radius 2 is 1.78 bits per heavy atom. The number of hydrogen-bond donors (Lipinski definition) is 3. The van der Waals surface area contributed by atoms with Crippen LogP contribution in [-0.4, -0.2) is 37.7 Å². The summed E-state index contributed by atoms with van der Waals surface area (Å²) >= 11 is 0. The minimum Gasteiger partial charge on any atom is -0.392 e. The minimum absolute atomic E-state index is 0.0110. The average molecular weight is 339 g/mol. The highest BCUT2D eigenvalue weighted by Crippen LogP contribution is 2.36. The quantitative estimate of drug-likeness (QED) is 0.754. The Morgan fingerprint density at radius 1 is 1.17 bits per heavy atom. The van der Waals surface area contributed by atoms with Gasteiger partial charge in [0.2, 0.25) is 0 Å². The van der Waals surface area contributed by atoms with Crippen LogP contribution in [0.5, 0.6) is 0 Å². The van der Waals surface area contributed by atoms with Crippen molar-refractivity contribution in [3.63, 3.8) is 0 Å². The summed E-state index contributed by atoms with van der Waals surface area (Å²) in [5.74, 6) is 1.22. The summed E-state index contributed by atoms with van der Waals surface area (Å²) in [5.41, 5.74) is 3.23. The first kappa shape index (κ1) is 16.2. The molecule has 0 spiro atoms. The normalized spacial score (nSPS) is 24.4. The van der Waals surface area contributed by atoms with Gasteiger partial charge in [0.15, 0.2) is 0 Å². The van der Waals surface area contributed by atoms with E-state index in [-0.39, 0.29) is 11.5 Å². The van der Waals surface area contributed by atoms with E-state index in [2.05, 4.69) is 5.43 Å². The number of sulfonamides is 1. The summed E-state index contributed by atoms with van der Waals surface area (Å²) in [7, 11) is -3.92. The molecule has 2 unspecified atom stereocenters. The van der Waals surface area contributed by atoms with Gasteiger partial charge < -0.3 is 5.11 Å². The number of carbonyl (C=O) groups excluding carboxylic acids is 1. The largest absolute Gasteiger partial charge is 0.392 e. The first-order valence-corrected chi connectivity index (χ1v) is 9.24. The number of amides is 2. The van der Waals surface area contributed by atoms with Gasteiger partial charge in [-0.1, -0.05) is 18.6 Å². The zero-order chi connectivity index (χ0) is 16.4. The maximum atomic E-state index is 12.2. The van der Waals surface area contributed by atoms with Crippen LogP contribution >= 0.6 is 0 Å². The minimum atomic E-state index is -3.92. The number of fused-ring (bicyclic) bond motifs is 1. The summed E-state index contributed by atoms with van der Waals surface area (Å²) in [6.45, 7) is 1.40. The van der Waals surface area contributed by atoms with E-state index < -0.39 is 16.1 Å². The summed E-state index contributed by atoms with van der Waals surface area (Å²) in [6, 6.07) is 5.00. The number of urea groups is 1. The molecule has 1 aliphatic heterocycles. The maximum Gasteiger partial charge on any atom is 0.343 e. The van der Waals surface area contributed by atoms with Crippen molar-refractivity contribution < 1.29 is 18.3 Å². The number of benzene rings is 1. The van der Waals surface area contributed by atoms with Crippen molar-refractivity contribution >= 4 is 16.1 Å². The molecule has 2 atom stereocenters. The Morgan fingerprint density at radius 3 is 2.35 bits per heavy atom. The number of nitrogens with zero attached hydrogens (tertiary/aromatic N) is 1. The molecule has 1 heterocycles. The fourth-order valence-corrected chi connectivity index (χ4v) is 4.35. The van der Waals surface area contributed by atoms with Crippen LogP contribution in [0.15, 0.2) is 29.2 Å². The Bertz CT molecular complexity index is 662. The van der Waals surface area contributed by atoms with Gasteiger partial charge in [0, 0.05) is 13.1 Å². The predicted molar refractivity (Wildman–Crippen MR) is 83.6 cm³/mol. The molecule has 7 nitrogen and oxygen atoms in total. The van der Waals surface area contributed by atoms with Crippen molar-refractivity contribution in [2.24, 2.45) is 11.8 Å². The average Bonchev–Trinajstić information content (AvgIpc) is 3.07. The SMILES string of the molecule is O=C(NN1CC2CCCC2C1)NS(=O)(=O)c1ccc(CO)cc1. The number of rotatable bonds is 4. The van der Waals surface area contributed by atoms with E-state index in [4.69, 9.17) is 5.11 Å². The van der Waals surface area contributed by atoms with Gasteiger partial charge in [0.1, 0.15) is 0 Å². The lowest BCUT2D eigenvalue weighted by molar-refractivity contribution is 0.195. The highest BCUT2D eigenvalue weighted by Gasteiger charge is 2.36. The fourth-order valence-electron chi connectivity index (χ4n) is 3.45. The number of aliphatic hydroxyl groups is 1. The van der Waals surface area contributed by atoms with Gasteiger partial charge in [-0.05, 0) is 42.4 Å². The van der Waals surface area contributed by atoms with Crippen LogP contribution in [0.2, 0.25) is 0 Å². The molecule has 1 saturated heterocycles. The van der Waals surface area contributed by atoms with Crippen molar-refractivity contribution in [3.05, 3.63) is 29.8 Å². The van der Waals surface area contributed by atoms with Gasteiger partial charge in [0.05, 0.1) is 11.5 Å². The van der Waals surface area contributed by atoms with Crippen LogP contribution < -0.4 is 10.1 Å². The third-order valence-corrected chi connectivity index (χ3v) is 5.98. The number of hydrazine groups is 1. The van der Waals surface area contributed by atoms with Crippen LogP contribution in [0.25, 0.3) is 0 Å². The standard InChI is InChI=1S/C15H21N3O4S/c19-10-11-4-6-14(7-5-11)23(21,22)17-15(20)16-18-8-12-2-1-3-13(12)9-18/h4-7,12-13,19H,1-3,8-10H2,(H2,16,17,20). The fraction of sp³-hybridized carbons (Fsp3) is 0.533. The lowest BCUT2D eigenvalue weighted by Crippen LogP contribution is -2.48. The summed E-state index contributed by atoms with van der Waals surface area (Å²) in [4.78, 5) is 11.9. The topological polar surface area (TPSA) is 98.7 Å². The number of hydrogen-bond acceptors (Lipinski definition) is 5. The van der Waals surface area contributed by atoms with E-state index in [9.17, 15) is 13.2 Å². The second kappa shape index (κ2) is 6.46. The summed E-state index contributed by atoms with van der Waals surface area (Å²) < 4.78 is 26.3. The first-order valence-electron chi connectivity index (χ1n) is 7.76. The molecule has 1 aromatic rings. The van der Waals surface area contributed by atoms with Crippen LogP contribution in [0, 0.1) is 11.8 Å². The highest BCUT2D eigenvalue weighted by atomic mass is 32.2. The van der Waals surface area contributed by atoms with E-state index in [0.29, 0.717) is 17.4 Å². The molecule has 0 radical (unpaired) electrons. The van der Waals surface area contributed by atoms with Gasteiger partial charge in [-0.15, -0.1) is 0 Å². The molecule has 126 valence electrons. The summed E-state index contributed by atoms with van der Waals surface area (Å²) in [6.07, 6.45) is 3.60. The molecule has 23 heavy (non-hydrogen) atoms. The zero-order valence-electron chi connectivity index (χ0n) is 12.7. The van der Waals surface area contributed by atoms with Crippen LogP contribution in [0.3, 0.4) is 0 Å². The lowest BCUT2D eigenvalue weighted by atomic mass is 10.0. The predicted octanol–water partition coefficient (Wildman–Crippen LogP) is 0.814. The number of carbonyl (C=O) groups is 1. The van der Waals surface area contributed by atoms with Crippen molar-refractivity contribution in [1.82, 2.24) is 15.2 Å².